The van der Waals surface area contributed by atoms with E-state index in [1.165, 1.54) is 12.1 Å². The van der Waals surface area contributed by atoms with E-state index in [-0.39, 0.29) is 0 Å². The molecule has 0 heterocycles. The zero-order valence-corrected chi connectivity index (χ0v) is 15.1. The smallest absolute Gasteiger partial charge is 0.416 e. The Hall–Kier alpha value is -3.27. The molecule has 0 bridgehead atoms. The Labute approximate surface area is 161 Å². The Morgan fingerprint density at radius 3 is 2.04 bits per heavy atom. The molecule has 0 amide bonds. The summed E-state index contributed by atoms with van der Waals surface area (Å²) in [6, 6.07) is 21.1. The van der Waals surface area contributed by atoms with Crippen LogP contribution in [0.3, 0.4) is 0 Å². The van der Waals surface area contributed by atoms with Crippen LogP contribution in [0.5, 0.6) is 5.75 Å². The van der Waals surface area contributed by atoms with Crippen molar-refractivity contribution in [1.29, 1.82) is 0 Å². The predicted molar refractivity (Wildman–Crippen MR) is 106 cm³/mol. The summed E-state index contributed by atoms with van der Waals surface area (Å²) >= 11 is 0. The van der Waals surface area contributed by atoms with E-state index in [2.05, 4.69) is 12.1 Å². The van der Waals surface area contributed by atoms with E-state index in [4.69, 9.17) is 4.74 Å². The Morgan fingerprint density at radius 2 is 1.43 bits per heavy atom. The third-order valence-electron chi connectivity index (χ3n) is 4.79. The first kappa shape index (κ1) is 18.1. The van der Waals surface area contributed by atoms with Gasteiger partial charge in [0, 0.05) is 0 Å². The summed E-state index contributed by atoms with van der Waals surface area (Å²) in [7, 11) is 1.63. The van der Waals surface area contributed by atoms with Crippen molar-refractivity contribution < 1.29 is 17.9 Å². The number of halogens is 3. The van der Waals surface area contributed by atoms with Crippen LogP contribution in [0, 0.1) is 0 Å². The first-order chi connectivity index (χ1) is 13.5. The molecule has 0 atom stereocenters. The number of allylic oxidation sites excluding steroid dienone is 2. The van der Waals surface area contributed by atoms with Gasteiger partial charge in [0.1, 0.15) is 5.75 Å². The average molecular weight is 378 g/mol. The van der Waals surface area contributed by atoms with Crippen LogP contribution in [0.25, 0.3) is 17.2 Å². The fourth-order valence-electron chi connectivity index (χ4n) is 3.36. The lowest BCUT2D eigenvalue weighted by atomic mass is 9.98. The highest BCUT2D eigenvalue weighted by Crippen LogP contribution is 2.40. The monoisotopic (exact) mass is 378 g/mol. The molecule has 1 aliphatic carbocycles. The van der Waals surface area contributed by atoms with Gasteiger partial charge in [0.15, 0.2) is 0 Å². The van der Waals surface area contributed by atoms with Crippen LogP contribution in [0.2, 0.25) is 0 Å². The first-order valence-electron chi connectivity index (χ1n) is 8.80. The molecule has 3 aromatic carbocycles. The third-order valence-corrected chi connectivity index (χ3v) is 4.79. The van der Waals surface area contributed by atoms with Crippen LogP contribution in [-0.4, -0.2) is 7.11 Å². The highest BCUT2D eigenvalue weighted by atomic mass is 19.4. The van der Waals surface area contributed by atoms with Crippen molar-refractivity contribution in [3.8, 4) is 5.75 Å². The molecule has 0 saturated heterocycles. The van der Waals surface area contributed by atoms with Crippen molar-refractivity contribution in [2.45, 2.75) is 6.18 Å². The zero-order chi connectivity index (χ0) is 19.7. The number of hydrogen-bond donors (Lipinski definition) is 0. The lowest BCUT2D eigenvalue weighted by Gasteiger charge is -2.07. The van der Waals surface area contributed by atoms with E-state index in [1.807, 2.05) is 48.5 Å². The molecule has 4 rings (SSSR count). The van der Waals surface area contributed by atoms with E-state index in [9.17, 15) is 13.2 Å². The highest BCUT2D eigenvalue weighted by molar-refractivity contribution is 6.05. The fourth-order valence-corrected chi connectivity index (χ4v) is 3.36. The molecule has 28 heavy (non-hydrogen) atoms. The molecular formula is C24H17F3O. The molecule has 0 unspecified atom stereocenters. The predicted octanol–water partition coefficient (Wildman–Crippen LogP) is 6.70. The normalized spacial score (nSPS) is 14.7. The summed E-state index contributed by atoms with van der Waals surface area (Å²) in [5, 5.41) is 0. The molecule has 0 N–H and O–H groups in total. The average Bonchev–Trinajstić information content (AvgIpc) is 3.06. The highest BCUT2D eigenvalue weighted by Gasteiger charge is 2.29. The summed E-state index contributed by atoms with van der Waals surface area (Å²) in [5.41, 5.74) is 5.36. The summed E-state index contributed by atoms with van der Waals surface area (Å²) in [6.07, 6.45) is -0.341. The lowest BCUT2D eigenvalue weighted by molar-refractivity contribution is -0.137. The van der Waals surface area contributed by atoms with E-state index in [0.717, 1.165) is 51.3 Å². The molecular weight excluding hydrogens is 361 g/mol. The van der Waals surface area contributed by atoms with Gasteiger partial charge in [-0.05, 0) is 69.8 Å². The number of alkyl halides is 3. The van der Waals surface area contributed by atoms with Crippen molar-refractivity contribution in [3.05, 3.63) is 107 Å². The molecule has 0 aliphatic heterocycles. The maximum Gasteiger partial charge on any atom is 0.416 e. The van der Waals surface area contributed by atoms with Gasteiger partial charge in [-0.1, -0.05) is 48.5 Å². The number of hydrogen-bond acceptors (Lipinski definition) is 1. The standard InChI is InChI=1S/C24H17F3O/c1-28-20-12-8-17(9-13-20)23-15-18(21-4-2-3-5-22(21)23)14-16-6-10-19(11-7-16)24(25,26)27/h2-15H,1H3/b18-14+. The van der Waals surface area contributed by atoms with Gasteiger partial charge in [0.2, 0.25) is 0 Å². The van der Waals surface area contributed by atoms with Gasteiger partial charge in [-0.3, -0.25) is 0 Å². The second-order valence-electron chi connectivity index (χ2n) is 6.55. The molecule has 0 spiro atoms. The molecule has 4 heteroatoms. The van der Waals surface area contributed by atoms with Crippen molar-refractivity contribution in [2.24, 2.45) is 0 Å². The summed E-state index contributed by atoms with van der Waals surface area (Å²) in [4.78, 5) is 0. The minimum Gasteiger partial charge on any atom is -0.497 e. The first-order valence-corrected chi connectivity index (χ1v) is 8.80. The van der Waals surface area contributed by atoms with Crippen LogP contribution < -0.4 is 4.74 Å². The Kier molecular flexibility index (Phi) is 4.55. The van der Waals surface area contributed by atoms with Gasteiger partial charge in [-0.15, -0.1) is 0 Å². The van der Waals surface area contributed by atoms with Crippen molar-refractivity contribution >= 4 is 17.2 Å². The molecule has 0 saturated carbocycles. The minimum atomic E-state index is -4.33. The summed E-state index contributed by atoms with van der Waals surface area (Å²) in [5.74, 6) is 0.788. The van der Waals surface area contributed by atoms with Gasteiger partial charge in [-0.25, -0.2) is 0 Å². The second-order valence-corrected chi connectivity index (χ2v) is 6.55. The van der Waals surface area contributed by atoms with Gasteiger partial charge in [-0.2, -0.15) is 13.2 Å². The van der Waals surface area contributed by atoms with E-state index < -0.39 is 11.7 Å². The fraction of sp³-hybridized carbons (Fsp3) is 0.0833. The molecule has 0 fully saturated rings. The SMILES string of the molecule is COc1ccc(C2=C/C(=C\c3ccc(C(F)(F)F)cc3)c3ccccc32)cc1. The molecule has 0 aromatic heterocycles. The number of methoxy groups -OCH3 is 1. The molecule has 1 nitrogen and oxygen atoms in total. The van der Waals surface area contributed by atoms with Crippen LogP contribution in [0.4, 0.5) is 13.2 Å². The van der Waals surface area contributed by atoms with Crippen LogP contribution >= 0.6 is 0 Å². The topological polar surface area (TPSA) is 9.23 Å². The van der Waals surface area contributed by atoms with Crippen molar-refractivity contribution in [3.63, 3.8) is 0 Å². The summed E-state index contributed by atoms with van der Waals surface area (Å²) in [6.45, 7) is 0. The Balaban J connectivity index is 1.74. The minimum absolute atomic E-state index is 0.643. The molecule has 140 valence electrons. The second kappa shape index (κ2) is 7.04. The number of fused-ring (bicyclic) bond motifs is 1. The number of rotatable bonds is 3. The Bertz CT molecular complexity index is 1060. The van der Waals surface area contributed by atoms with E-state index >= 15 is 0 Å². The van der Waals surface area contributed by atoms with Gasteiger partial charge < -0.3 is 4.74 Å². The zero-order valence-electron chi connectivity index (χ0n) is 15.1. The van der Waals surface area contributed by atoms with E-state index in [0.29, 0.717) is 0 Å². The van der Waals surface area contributed by atoms with Crippen LogP contribution in [0.15, 0.2) is 78.9 Å². The molecule has 0 radical (unpaired) electrons. The number of benzene rings is 3. The Morgan fingerprint density at radius 1 is 0.786 bits per heavy atom. The number of ether oxygens (including phenoxy) is 1. The van der Waals surface area contributed by atoms with Gasteiger partial charge >= 0.3 is 6.18 Å². The van der Waals surface area contributed by atoms with Crippen LogP contribution in [0.1, 0.15) is 27.8 Å². The third kappa shape index (κ3) is 3.46. The maximum absolute atomic E-state index is 12.8. The maximum atomic E-state index is 12.8. The molecule has 1 aliphatic rings. The van der Waals surface area contributed by atoms with Gasteiger partial charge in [0.05, 0.1) is 12.7 Å². The van der Waals surface area contributed by atoms with Crippen molar-refractivity contribution in [1.82, 2.24) is 0 Å². The largest absolute Gasteiger partial charge is 0.497 e. The quantitative estimate of drug-likeness (QED) is 0.493. The van der Waals surface area contributed by atoms with Gasteiger partial charge in [0.25, 0.3) is 0 Å². The van der Waals surface area contributed by atoms with Crippen molar-refractivity contribution in [2.75, 3.05) is 7.11 Å². The van der Waals surface area contributed by atoms with Crippen LogP contribution in [-0.2, 0) is 6.18 Å². The molecule has 3 aromatic rings. The lowest BCUT2D eigenvalue weighted by Crippen LogP contribution is -2.03. The summed E-state index contributed by atoms with van der Waals surface area (Å²) < 4.78 is 43.6. The van der Waals surface area contributed by atoms with E-state index in [1.54, 1.807) is 7.11 Å².